The molecule has 1 aromatic carbocycles. The molecule has 1 aliphatic heterocycles. The molecule has 1 aliphatic rings. The Hall–Kier alpha value is -1.13. The van der Waals surface area contributed by atoms with E-state index in [-0.39, 0.29) is 11.2 Å². The molecular formula is C16H21ClFN3. The monoisotopic (exact) mass is 309 g/mol. The van der Waals surface area contributed by atoms with Crippen LogP contribution in [0.15, 0.2) is 18.2 Å². The molecule has 2 unspecified atom stereocenters. The third-order valence-corrected chi connectivity index (χ3v) is 4.55. The molecule has 0 amide bonds. The molecule has 0 aliphatic carbocycles. The van der Waals surface area contributed by atoms with E-state index in [4.69, 9.17) is 11.6 Å². The maximum Gasteiger partial charge on any atom is 0.127 e. The van der Waals surface area contributed by atoms with Crippen molar-refractivity contribution in [3.8, 4) is 0 Å². The van der Waals surface area contributed by atoms with Gasteiger partial charge in [-0.1, -0.05) is 6.92 Å². The van der Waals surface area contributed by atoms with Crippen LogP contribution in [0.25, 0.3) is 11.0 Å². The molecule has 0 N–H and O–H groups in total. The smallest absolute Gasteiger partial charge is 0.127 e. The number of nitrogens with zero attached hydrogens (tertiary/aromatic N) is 3. The first-order valence-electron chi connectivity index (χ1n) is 7.60. The molecule has 0 radical (unpaired) electrons. The fourth-order valence-corrected chi connectivity index (χ4v) is 3.38. The maximum absolute atomic E-state index is 13.6. The number of fused-ring (bicyclic) bond motifs is 1. The van der Waals surface area contributed by atoms with E-state index >= 15 is 0 Å². The van der Waals surface area contributed by atoms with E-state index in [1.807, 2.05) is 6.92 Å². The summed E-state index contributed by atoms with van der Waals surface area (Å²) in [6.07, 6.45) is 1.18. The lowest BCUT2D eigenvalue weighted by Gasteiger charge is -2.16. The van der Waals surface area contributed by atoms with Crippen molar-refractivity contribution < 1.29 is 4.39 Å². The molecule has 0 saturated carbocycles. The van der Waals surface area contributed by atoms with Gasteiger partial charge >= 0.3 is 0 Å². The van der Waals surface area contributed by atoms with Crippen LogP contribution < -0.4 is 0 Å². The lowest BCUT2D eigenvalue weighted by Crippen LogP contribution is -2.21. The van der Waals surface area contributed by atoms with E-state index in [0.717, 1.165) is 43.0 Å². The molecule has 0 spiro atoms. The Morgan fingerprint density at radius 3 is 2.95 bits per heavy atom. The van der Waals surface area contributed by atoms with Crippen molar-refractivity contribution in [3.63, 3.8) is 0 Å². The van der Waals surface area contributed by atoms with E-state index in [2.05, 4.69) is 21.4 Å². The molecule has 2 atom stereocenters. The summed E-state index contributed by atoms with van der Waals surface area (Å²) in [5.41, 5.74) is 1.68. The molecule has 2 aromatic rings. The van der Waals surface area contributed by atoms with E-state index in [9.17, 15) is 4.39 Å². The zero-order valence-corrected chi connectivity index (χ0v) is 13.3. The van der Waals surface area contributed by atoms with Crippen molar-refractivity contribution in [1.82, 2.24) is 14.5 Å². The van der Waals surface area contributed by atoms with Crippen LogP contribution >= 0.6 is 11.6 Å². The van der Waals surface area contributed by atoms with E-state index < -0.39 is 0 Å². The zero-order valence-electron chi connectivity index (χ0n) is 12.5. The number of halogens is 2. The number of rotatable bonds is 4. The van der Waals surface area contributed by atoms with Crippen molar-refractivity contribution in [1.29, 1.82) is 0 Å². The van der Waals surface area contributed by atoms with Crippen LogP contribution in [0, 0.1) is 11.7 Å². The Bertz CT molecular complexity index is 638. The molecular weight excluding hydrogens is 289 g/mol. The Morgan fingerprint density at radius 1 is 1.48 bits per heavy atom. The van der Waals surface area contributed by atoms with Crippen LogP contribution in [-0.2, 0) is 6.54 Å². The maximum atomic E-state index is 13.6. The quantitative estimate of drug-likeness (QED) is 0.801. The van der Waals surface area contributed by atoms with Gasteiger partial charge in [-0.15, -0.1) is 11.6 Å². The van der Waals surface area contributed by atoms with Gasteiger partial charge in [0.25, 0.3) is 0 Å². The van der Waals surface area contributed by atoms with Gasteiger partial charge in [0, 0.05) is 13.1 Å². The minimum absolute atomic E-state index is 0.177. The first-order chi connectivity index (χ1) is 10.1. The van der Waals surface area contributed by atoms with Crippen molar-refractivity contribution in [2.45, 2.75) is 32.2 Å². The standard InChI is InChI=1S/C16H21ClFN3/c1-3-20-7-6-12(9-20)10-21-15-8-13(18)4-5-14(15)19-16(21)11(2)17/h4-5,8,11-12H,3,6-7,9-10H2,1-2H3. The molecule has 21 heavy (non-hydrogen) atoms. The summed E-state index contributed by atoms with van der Waals surface area (Å²) in [6.45, 7) is 8.31. The second-order valence-corrected chi connectivity index (χ2v) is 6.53. The average Bonchev–Trinajstić information content (AvgIpc) is 3.04. The lowest BCUT2D eigenvalue weighted by molar-refractivity contribution is 0.332. The van der Waals surface area contributed by atoms with Crippen molar-refractivity contribution in [3.05, 3.63) is 29.8 Å². The third-order valence-electron chi connectivity index (χ3n) is 4.35. The first-order valence-corrected chi connectivity index (χ1v) is 8.04. The first kappa shape index (κ1) is 14.8. The average molecular weight is 310 g/mol. The Morgan fingerprint density at radius 2 is 2.29 bits per heavy atom. The fraction of sp³-hybridized carbons (Fsp3) is 0.562. The summed E-state index contributed by atoms with van der Waals surface area (Å²) >= 11 is 6.27. The number of hydrogen-bond donors (Lipinski definition) is 0. The Balaban J connectivity index is 1.95. The molecule has 114 valence electrons. The summed E-state index contributed by atoms with van der Waals surface area (Å²) in [5.74, 6) is 1.20. The predicted molar refractivity (Wildman–Crippen MR) is 84.2 cm³/mol. The summed E-state index contributed by atoms with van der Waals surface area (Å²) in [5, 5.41) is -0.177. The van der Waals surface area contributed by atoms with E-state index in [1.165, 1.54) is 12.5 Å². The lowest BCUT2D eigenvalue weighted by atomic mass is 10.1. The van der Waals surface area contributed by atoms with E-state index in [1.54, 1.807) is 12.1 Å². The summed E-state index contributed by atoms with van der Waals surface area (Å²) in [4.78, 5) is 7.04. The molecule has 2 heterocycles. The zero-order chi connectivity index (χ0) is 15.0. The topological polar surface area (TPSA) is 21.1 Å². The van der Waals surface area contributed by atoms with Gasteiger partial charge in [-0.05, 0) is 50.6 Å². The van der Waals surface area contributed by atoms with Gasteiger partial charge in [-0.3, -0.25) is 0 Å². The van der Waals surface area contributed by atoms with Gasteiger partial charge in [0.1, 0.15) is 11.6 Å². The minimum Gasteiger partial charge on any atom is -0.326 e. The number of imidazole rings is 1. The van der Waals surface area contributed by atoms with Crippen molar-refractivity contribution >= 4 is 22.6 Å². The fourth-order valence-electron chi connectivity index (χ4n) is 3.22. The molecule has 1 fully saturated rings. The van der Waals surface area contributed by atoms with Crippen LogP contribution in [0.3, 0.4) is 0 Å². The minimum atomic E-state index is -0.223. The molecule has 0 bridgehead atoms. The van der Waals surface area contributed by atoms with Crippen LogP contribution in [-0.4, -0.2) is 34.1 Å². The van der Waals surface area contributed by atoms with Crippen molar-refractivity contribution in [2.75, 3.05) is 19.6 Å². The highest BCUT2D eigenvalue weighted by atomic mass is 35.5. The van der Waals surface area contributed by atoms with Gasteiger partial charge < -0.3 is 9.47 Å². The van der Waals surface area contributed by atoms with Gasteiger partial charge in [0.05, 0.1) is 16.4 Å². The second kappa shape index (κ2) is 5.93. The highest BCUT2D eigenvalue weighted by Crippen LogP contribution is 2.28. The number of likely N-dealkylation sites (tertiary alicyclic amines) is 1. The molecule has 5 heteroatoms. The normalized spacial score (nSPS) is 21.2. The third kappa shape index (κ3) is 2.92. The van der Waals surface area contributed by atoms with Gasteiger partial charge in [-0.2, -0.15) is 0 Å². The van der Waals surface area contributed by atoms with Crippen molar-refractivity contribution in [2.24, 2.45) is 5.92 Å². The van der Waals surface area contributed by atoms with Crippen LogP contribution in [0.1, 0.15) is 31.5 Å². The number of alkyl halides is 1. The van der Waals surface area contributed by atoms with Gasteiger partial charge in [0.2, 0.25) is 0 Å². The van der Waals surface area contributed by atoms with E-state index in [0.29, 0.717) is 5.92 Å². The Labute approximate surface area is 129 Å². The SMILES string of the molecule is CCN1CCC(Cn2c(C(C)Cl)nc3ccc(F)cc32)C1. The highest BCUT2D eigenvalue weighted by molar-refractivity contribution is 6.20. The van der Waals surface area contributed by atoms with Crippen LogP contribution in [0.5, 0.6) is 0 Å². The predicted octanol–water partition coefficient (Wildman–Crippen LogP) is 3.82. The summed E-state index contributed by atoms with van der Waals surface area (Å²) in [7, 11) is 0. The molecule has 1 saturated heterocycles. The van der Waals surface area contributed by atoms with Gasteiger partial charge in [-0.25, -0.2) is 9.37 Å². The molecule has 3 rings (SSSR count). The number of benzene rings is 1. The molecule has 3 nitrogen and oxygen atoms in total. The number of hydrogen-bond acceptors (Lipinski definition) is 2. The number of aromatic nitrogens is 2. The molecule has 1 aromatic heterocycles. The second-order valence-electron chi connectivity index (χ2n) is 5.88. The Kier molecular flexibility index (Phi) is 4.18. The summed E-state index contributed by atoms with van der Waals surface area (Å²) < 4.78 is 15.7. The highest BCUT2D eigenvalue weighted by Gasteiger charge is 2.24. The van der Waals surface area contributed by atoms with Crippen LogP contribution in [0.4, 0.5) is 4.39 Å². The summed E-state index contributed by atoms with van der Waals surface area (Å²) in [6, 6.07) is 4.76. The van der Waals surface area contributed by atoms with Crippen LogP contribution in [0.2, 0.25) is 0 Å². The largest absolute Gasteiger partial charge is 0.326 e. The van der Waals surface area contributed by atoms with Gasteiger partial charge in [0.15, 0.2) is 0 Å².